The molecule has 1 unspecified atom stereocenters. The topological polar surface area (TPSA) is 81.5 Å². The van der Waals surface area contributed by atoms with Crippen molar-refractivity contribution in [2.24, 2.45) is 0 Å². The molecule has 31 heavy (non-hydrogen) atoms. The molecule has 1 N–H and O–H groups in total. The number of carbonyl (C=O) groups excluding carboxylic acids is 1. The molecular formula is C23H30N6O2. The van der Waals surface area contributed by atoms with E-state index in [9.17, 15) is 4.79 Å². The van der Waals surface area contributed by atoms with E-state index in [0.717, 1.165) is 51.4 Å². The van der Waals surface area contributed by atoms with Gasteiger partial charge in [-0.1, -0.05) is 30.3 Å². The number of amides is 1. The Morgan fingerprint density at radius 3 is 2.77 bits per heavy atom. The molecule has 8 heteroatoms. The van der Waals surface area contributed by atoms with Crippen LogP contribution in [0.4, 0.5) is 0 Å². The molecule has 1 amide bonds. The van der Waals surface area contributed by atoms with Crippen LogP contribution in [0.25, 0.3) is 10.9 Å². The van der Waals surface area contributed by atoms with Gasteiger partial charge in [0.05, 0.1) is 12.6 Å². The van der Waals surface area contributed by atoms with E-state index in [2.05, 4.69) is 56.1 Å². The monoisotopic (exact) mass is 422 g/mol. The summed E-state index contributed by atoms with van der Waals surface area (Å²) >= 11 is 0. The zero-order valence-electron chi connectivity index (χ0n) is 18.3. The molecule has 0 aliphatic carbocycles. The first-order chi connectivity index (χ1) is 15.1. The van der Waals surface area contributed by atoms with Crippen molar-refractivity contribution in [2.45, 2.75) is 39.3 Å². The van der Waals surface area contributed by atoms with Crippen LogP contribution in [0.3, 0.4) is 0 Å². The number of para-hydroxylation sites is 1. The Labute approximate surface area is 182 Å². The first-order valence-corrected chi connectivity index (χ1v) is 11.3. The highest BCUT2D eigenvalue weighted by atomic mass is 16.5. The number of carbonyl (C=O) groups is 1. The summed E-state index contributed by atoms with van der Waals surface area (Å²) in [6, 6.07) is 8.47. The molecule has 0 radical (unpaired) electrons. The normalized spacial score (nSPS) is 19.0. The Kier molecular flexibility index (Phi) is 5.50. The Morgan fingerprint density at radius 1 is 1.19 bits per heavy atom. The molecule has 8 nitrogen and oxygen atoms in total. The van der Waals surface area contributed by atoms with Gasteiger partial charge in [0.1, 0.15) is 0 Å². The van der Waals surface area contributed by atoms with E-state index in [1.54, 1.807) is 0 Å². The van der Waals surface area contributed by atoms with Crippen LogP contribution in [0.5, 0.6) is 0 Å². The lowest BCUT2D eigenvalue weighted by Crippen LogP contribution is -2.51. The van der Waals surface area contributed by atoms with Gasteiger partial charge >= 0.3 is 0 Å². The summed E-state index contributed by atoms with van der Waals surface area (Å²) in [5.74, 6) is 1.66. The molecule has 164 valence electrons. The number of hydrogen-bond donors (Lipinski definition) is 1. The summed E-state index contributed by atoms with van der Waals surface area (Å²) in [5.41, 5.74) is 3.72. The minimum Gasteiger partial charge on any atom is -0.358 e. The fourth-order valence-electron chi connectivity index (χ4n) is 4.72. The molecule has 0 bridgehead atoms. The second kappa shape index (κ2) is 8.43. The fraction of sp³-hybridized carbons (Fsp3) is 0.522. The number of fused-ring (bicyclic) bond motifs is 3. The first-order valence-electron chi connectivity index (χ1n) is 11.3. The number of nitrogens with one attached hydrogen (secondary N) is 1. The number of H-pyrrole nitrogens is 1. The van der Waals surface area contributed by atoms with E-state index in [1.165, 1.54) is 22.2 Å². The fourth-order valence-corrected chi connectivity index (χ4v) is 4.72. The highest BCUT2D eigenvalue weighted by molar-refractivity contribution is 5.86. The molecule has 1 saturated heterocycles. The van der Waals surface area contributed by atoms with Gasteiger partial charge in [-0.15, -0.1) is 0 Å². The molecule has 1 aromatic carbocycles. The molecule has 0 spiro atoms. The predicted octanol–water partition coefficient (Wildman–Crippen LogP) is 2.38. The SMILES string of the molecule is CCc1noc(C(C)N2CCN(CC(=O)N3CCc4[nH]c5ccccc5c4C3)CC2)n1. The van der Waals surface area contributed by atoms with Crippen LogP contribution in [0.2, 0.25) is 0 Å². The largest absolute Gasteiger partial charge is 0.358 e. The van der Waals surface area contributed by atoms with Gasteiger partial charge in [-0.25, -0.2) is 0 Å². The van der Waals surface area contributed by atoms with Crippen molar-refractivity contribution in [1.29, 1.82) is 0 Å². The second-order valence-electron chi connectivity index (χ2n) is 8.58. The molecule has 2 aliphatic heterocycles. The van der Waals surface area contributed by atoms with Gasteiger partial charge in [0.15, 0.2) is 5.82 Å². The van der Waals surface area contributed by atoms with E-state index in [1.807, 2.05) is 11.8 Å². The quantitative estimate of drug-likeness (QED) is 0.680. The number of hydrogen-bond acceptors (Lipinski definition) is 6. The molecule has 0 saturated carbocycles. The van der Waals surface area contributed by atoms with E-state index in [0.29, 0.717) is 19.0 Å². The molecule has 1 atom stereocenters. The third kappa shape index (κ3) is 3.97. The lowest BCUT2D eigenvalue weighted by atomic mass is 10.0. The number of piperazine rings is 1. The summed E-state index contributed by atoms with van der Waals surface area (Å²) in [7, 11) is 0. The molecule has 4 heterocycles. The van der Waals surface area contributed by atoms with Crippen LogP contribution in [0.1, 0.15) is 42.9 Å². The first kappa shape index (κ1) is 20.2. The lowest BCUT2D eigenvalue weighted by molar-refractivity contribution is -0.133. The molecule has 5 rings (SSSR count). The van der Waals surface area contributed by atoms with Crippen molar-refractivity contribution < 1.29 is 9.32 Å². The summed E-state index contributed by atoms with van der Waals surface area (Å²) in [6.45, 7) is 9.64. The van der Waals surface area contributed by atoms with Crippen LogP contribution in [0.15, 0.2) is 28.8 Å². The average Bonchev–Trinajstić information content (AvgIpc) is 3.43. The van der Waals surface area contributed by atoms with Crippen molar-refractivity contribution in [3.05, 3.63) is 47.2 Å². The van der Waals surface area contributed by atoms with Gasteiger partial charge in [-0.05, 0) is 13.0 Å². The summed E-state index contributed by atoms with van der Waals surface area (Å²) in [4.78, 5) is 27.7. The van der Waals surface area contributed by atoms with Crippen LogP contribution in [-0.2, 0) is 24.2 Å². The number of aromatic nitrogens is 3. The van der Waals surface area contributed by atoms with Crippen LogP contribution in [-0.4, -0.2) is 75.0 Å². The lowest BCUT2D eigenvalue weighted by Gasteiger charge is -2.37. The highest BCUT2D eigenvalue weighted by Gasteiger charge is 2.29. The zero-order chi connectivity index (χ0) is 21.4. The maximum Gasteiger partial charge on any atom is 0.243 e. The second-order valence-corrected chi connectivity index (χ2v) is 8.58. The third-order valence-corrected chi connectivity index (χ3v) is 6.71. The van der Waals surface area contributed by atoms with Crippen molar-refractivity contribution in [3.63, 3.8) is 0 Å². The van der Waals surface area contributed by atoms with Crippen molar-refractivity contribution in [1.82, 2.24) is 29.8 Å². The Morgan fingerprint density at radius 2 is 2.00 bits per heavy atom. The highest BCUT2D eigenvalue weighted by Crippen LogP contribution is 2.28. The van der Waals surface area contributed by atoms with Gasteiger partial charge in [0, 0.05) is 74.3 Å². The van der Waals surface area contributed by atoms with Crippen LogP contribution < -0.4 is 0 Å². The van der Waals surface area contributed by atoms with E-state index < -0.39 is 0 Å². The Bertz CT molecular complexity index is 1070. The molecule has 2 aliphatic rings. The molecule has 1 fully saturated rings. The van der Waals surface area contributed by atoms with E-state index >= 15 is 0 Å². The molecule has 3 aromatic rings. The predicted molar refractivity (Wildman–Crippen MR) is 118 cm³/mol. The smallest absolute Gasteiger partial charge is 0.243 e. The number of aryl methyl sites for hydroxylation is 1. The number of nitrogens with zero attached hydrogens (tertiary/aromatic N) is 5. The minimum absolute atomic E-state index is 0.105. The van der Waals surface area contributed by atoms with E-state index in [-0.39, 0.29) is 11.9 Å². The van der Waals surface area contributed by atoms with Crippen LogP contribution >= 0.6 is 0 Å². The standard InChI is InChI=1S/C23H30N6O2/c1-3-21-25-23(31-26-21)16(2)28-12-10-27(11-13-28)15-22(30)29-9-8-20-18(14-29)17-6-4-5-7-19(17)24-20/h4-7,16,24H,3,8-15H2,1-2H3. The van der Waals surface area contributed by atoms with Gasteiger partial charge in [-0.2, -0.15) is 4.98 Å². The van der Waals surface area contributed by atoms with Crippen molar-refractivity contribution >= 4 is 16.8 Å². The summed E-state index contributed by atoms with van der Waals surface area (Å²) in [6.07, 6.45) is 1.67. The van der Waals surface area contributed by atoms with Gasteiger partial charge in [-0.3, -0.25) is 14.6 Å². The van der Waals surface area contributed by atoms with Gasteiger partial charge in [0.25, 0.3) is 0 Å². The molecule has 2 aromatic heterocycles. The minimum atomic E-state index is 0.105. The van der Waals surface area contributed by atoms with E-state index in [4.69, 9.17) is 4.52 Å². The third-order valence-electron chi connectivity index (χ3n) is 6.71. The Hall–Kier alpha value is -2.71. The number of aromatic amines is 1. The van der Waals surface area contributed by atoms with Crippen molar-refractivity contribution in [2.75, 3.05) is 39.3 Å². The maximum atomic E-state index is 13.0. The summed E-state index contributed by atoms with van der Waals surface area (Å²) < 4.78 is 5.41. The average molecular weight is 423 g/mol. The van der Waals surface area contributed by atoms with Gasteiger partial charge < -0.3 is 14.4 Å². The Balaban J connectivity index is 1.16. The van der Waals surface area contributed by atoms with Gasteiger partial charge in [0.2, 0.25) is 11.8 Å². The molecular weight excluding hydrogens is 392 g/mol. The summed E-state index contributed by atoms with van der Waals surface area (Å²) in [5, 5.41) is 5.25. The number of rotatable bonds is 5. The maximum absolute atomic E-state index is 13.0. The van der Waals surface area contributed by atoms with Crippen molar-refractivity contribution in [3.8, 4) is 0 Å². The number of benzene rings is 1. The zero-order valence-corrected chi connectivity index (χ0v) is 18.3. The van der Waals surface area contributed by atoms with Crippen LogP contribution in [0, 0.1) is 0 Å².